The fraction of sp³-hybridized carbons (Fsp3) is 0.102. The van der Waals surface area contributed by atoms with Crippen LogP contribution in [-0.2, 0) is 22.0 Å². The summed E-state index contributed by atoms with van der Waals surface area (Å²) >= 11 is -5.44. The Morgan fingerprint density at radius 2 is 1.09 bits per heavy atom. The summed E-state index contributed by atoms with van der Waals surface area (Å²) in [5.41, 5.74) is 14.2. The Bertz CT molecular complexity index is 2430. The third-order valence-electron chi connectivity index (χ3n) is 11.7. The average molecular weight is 820 g/mol. The van der Waals surface area contributed by atoms with Crippen LogP contribution in [0.4, 0.5) is 0 Å². The fourth-order valence-corrected chi connectivity index (χ4v) is 55.6. The number of hydrogen-bond acceptors (Lipinski definition) is 0. The van der Waals surface area contributed by atoms with Gasteiger partial charge in [0.25, 0.3) is 0 Å². The van der Waals surface area contributed by atoms with E-state index in [0.29, 0.717) is 0 Å². The fourth-order valence-electron chi connectivity index (χ4n) is 9.50. The molecule has 7 aromatic rings. The minimum atomic E-state index is -5.44. The van der Waals surface area contributed by atoms with Crippen LogP contribution in [0.15, 0.2) is 181 Å². The van der Waals surface area contributed by atoms with Crippen LogP contribution in [0.2, 0.25) is 0 Å². The Labute approximate surface area is 322 Å². The summed E-state index contributed by atoms with van der Waals surface area (Å²) in [4.78, 5) is 0. The first kappa shape index (κ1) is 34.7. The molecule has 259 valence electrons. The normalized spacial score (nSPS) is 15.3. The van der Waals surface area contributed by atoms with Crippen molar-refractivity contribution in [3.05, 3.63) is 204 Å². The Morgan fingerprint density at radius 3 is 1.77 bits per heavy atom. The summed E-state index contributed by atoms with van der Waals surface area (Å²) in [5, 5.41) is 2.64. The van der Waals surface area contributed by atoms with E-state index in [0.717, 1.165) is 19.3 Å². The Morgan fingerprint density at radius 1 is 0.547 bits per heavy atom. The molecule has 0 aromatic heterocycles. The average Bonchev–Trinajstić information content (AvgIpc) is 3.78. The van der Waals surface area contributed by atoms with Gasteiger partial charge in [-0.25, -0.2) is 0 Å². The zero-order valence-corrected chi connectivity index (χ0v) is 35.0. The third kappa shape index (κ3) is 5.82. The summed E-state index contributed by atoms with van der Waals surface area (Å²) < 4.78 is 1.19. The molecule has 7 aromatic carbocycles. The van der Waals surface area contributed by atoms with Crippen molar-refractivity contribution in [1.82, 2.24) is 0 Å². The van der Waals surface area contributed by atoms with E-state index in [1.165, 1.54) is 74.9 Å². The summed E-state index contributed by atoms with van der Waals surface area (Å²) in [7, 11) is 18.3. The van der Waals surface area contributed by atoms with Gasteiger partial charge in [-0.3, -0.25) is 0 Å². The van der Waals surface area contributed by atoms with Gasteiger partial charge in [0.05, 0.1) is 0 Å². The minimum absolute atomic E-state index is 0.0643. The van der Waals surface area contributed by atoms with E-state index in [9.17, 15) is 0 Å². The molecule has 1 unspecified atom stereocenters. The van der Waals surface area contributed by atoms with Gasteiger partial charge in [-0.05, 0) is 0 Å². The molecule has 0 nitrogen and oxygen atoms in total. The first-order chi connectivity index (χ1) is 25.9. The van der Waals surface area contributed by atoms with Crippen LogP contribution < -0.4 is 13.6 Å². The van der Waals surface area contributed by atoms with Crippen molar-refractivity contribution in [3.8, 4) is 33.4 Å². The molecule has 0 N–H and O–H groups in total. The summed E-state index contributed by atoms with van der Waals surface area (Å²) in [5.74, 6) is -2.36. The van der Waals surface area contributed by atoms with Crippen LogP contribution in [0.1, 0.15) is 45.6 Å². The van der Waals surface area contributed by atoms with Crippen molar-refractivity contribution in [3.63, 3.8) is 0 Å². The molecule has 1 atom stereocenters. The summed E-state index contributed by atoms with van der Waals surface area (Å²) in [6.07, 6.45) is 5.32. The topological polar surface area (TPSA) is 0 Å². The number of fused-ring (bicyclic) bond motifs is 4. The number of allylic oxidation sites excluding steroid dienone is 1. The molecule has 0 heterocycles. The molecule has 2 aliphatic rings. The Kier molecular flexibility index (Phi) is 9.16. The summed E-state index contributed by atoms with van der Waals surface area (Å²) in [6.45, 7) is 2.29. The van der Waals surface area contributed by atoms with Crippen molar-refractivity contribution in [2.45, 2.75) is 29.8 Å². The van der Waals surface area contributed by atoms with Gasteiger partial charge >= 0.3 is 325 Å². The van der Waals surface area contributed by atoms with Crippen LogP contribution >= 0.6 is 17.0 Å². The van der Waals surface area contributed by atoms with E-state index >= 15 is 0 Å². The summed E-state index contributed by atoms with van der Waals surface area (Å²) in [6, 6.07) is 64.4. The standard InChI is InChI=1S/C24H21.C13H9.C12H11Si.2ClH.Zr/c1-2-7-18-16-22-10-6-11-23(24(22)17-18)21-14-12-20(13-15-21)19-8-4-3-5-9-19;1-3-7-12-10(5-1)9-11-6-2-4-8-13(11)12;1-3-7-11(8-4-1)13-12-9-5-2-6-10-12;;;/h3-6,8-17H,2,7H2,1H3;1-5,7-8H,9H2;1-10,13H;2*1H;/q;;;;;+2/p-2. The maximum absolute atomic E-state index is 9.13. The van der Waals surface area contributed by atoms with Crippen molar-refractivity contribution >= 4 is 42.7 Å². The van der Waals surface area contributed by atoms with Crippen LogP contribution in [0.3, 0.4) is 0 Å². The van der Waals surface area contributed by atoms with E-state index < -0.39 is 21.5 Å². The Balaban J connectivity index is 1.31. The van der Waals surface area contributed by atoms with Crippen LogP contribution in [0.25, 0.3) is 39.5 Å². The van der Waals surface area contributed by atoms with E-state index in [1.807, 2.05) is 0 Å². The molecule has 9 rings (SSSR count). The van der Waals surface area contributed by atoms with Gasteiger partial charge in [0.1, 0.15) is 0 Å². The first-order valence-corrected chi connectivity index (χ1v) is 33.8. The quantitative estimate of drug-likeness (QED) is 0.127. The monoisotopic (exact) mass is 817 g/mol. The van der Waals surface area contributed by atoms with Gasteiger partial charge in [-0.1, -0.05) is 0 Å². The van der Waals surface area contributed by atoms with Crippen molar-refractivity contribution in [1.29, 1.82) is 0 Å². The van der Waals surface area contributed by atoms with Gasteiger partial charge in [0.2, 0.25) is 0 Å². The zero-order chi connectivity index (χ0) is 36.0. The van der Waals surface area contributed by atoms with E-state index in [1.54, 1.807) is 0 Å². The van der Waals surface area contributed by atoms with Crippen LogP contribution in [0.5, 0.6) is 0 Å². The molecule has 4 heteroatoms. The van der Waals surface area contributed by atoms with E-state index in [-0.39, 0.29) is 3.63 Å². The second-order valence-electron chi connectivity index (χ2n) is 14.7. The third-order valence-corrected chi connectivity index (χ3v) is 52.1. The van der Waals surface area contributed by atoms with E-state index in [4.69, 9.17) is 17.0 Å². The molecule has 2 aliphatic carbocycles. The molecule has 0 saturated carbocycles. The second kappa shape index (κ2) is 14.0. The number of rotatable bonds is 9. The number of halogens is 2. The van der Waals surface area contributed by atoms with Gasteiger partial charge in [0.15, 0.2) is 0 Å². The van der Waals surface area contributed by atoms with Gasteiger partial charge in [-0.2, -0.15) is 0 Å². The molecule has 0 bridgehead atoms. The first-order valence-electron chi connectivity index (χ1n) is 18.8. The predicted octanol–water partition coefficient (Wildman–Crippen LogP) is 11.7. The number of benzene rings is 7. The van der Waals surface area contributed by atoms with Gasteiger partial charge in [0, 0.05) is 0 Å². The molecule has 0 radical (unpaired) electrons. The van der Waals surface area contributed by atoms with Crippen LogP contribution in [0, 0.1) is 0 Å². The molecule has 53 heavy (non-hydrogen) atoms. The van der Waals surface area contributed by atoms with Crippen LogP contribution in [-0.4, -0.2) is 5.92 Å². The van der Waals surface area contributed by atoms with Gasteiger partial charge < -0.3 is 0 Å². The maximum atomic E-state index is 9.13. The molecule has 0 fully saturated rings. The second-order valence-corrected chi connectivity index (χ2v) is 51.8. The van der Waals surface area contributed by atoms with E-state index in [2.05, 4.69) is 189 Å². The van der Waals surface area contributed by atoms with Crippen molar-refractivity contribution in [2.24, 2.45) is 0 Å². The molecule has 0 amide bonds. The zero-order valence-electron chi connectivity index (χ0n) is 29.9. The molecular formula is C49H41Cl2SiZr. The molecule has 0 spiro atoms. The molecule has 0 saturated heterocycles. The molecule has 0 aliphatic heterocycles. The Hall–Kier alpha value is -4.04. The predicted molar refractivity (Wildman–Crippen MR) is 228 cm³/mol. The molecular weight excluding hydrogens is 779 g/mol. The van der Waals surface area contributed by atoms with Crippen molar-refractivity contribution in [2.75, 3.05) is 0 Å². The SMILES string of the molecule is CCCC1=Cc2c(-c3ccc(-c4ccccc4)cc3)cccc2[CH]1[Zr]([Cl])([Cl])([c]1cccc2c1Cc1ccccc1-2)[SiH](c1ccccc1)c1ccccc1. The number of hydrogen-bond donors (Lipinski definition) is 0. The van der Waals surface area contributed by atoms with Gasteiger partial charge in [-0.15, -0.1) is 0 Å². The van der Waals surface area contributed by atoms with Crippen molar-refractivity contribution < 1.29 is 15.6 Å².